The van der Waals surface area contributed by atoms with Crippen molar-refractivity contribution in [2.75, 3.05) is 18.2 Å². The van der Waals surface area contributed by atoms with Crippen molar-refractivity contribution in [1.82, 2.24) is 14.8 Å². The number of thiophene rings is 1. The van der Waals surface area contributed by atoms with E-state index in [0.29, 0.717) is 44.9 Å². The van der Waals surface area contributed by atoms with Gasteiger partial charge in [-0.05, 0) is 53.4 Å². The van der Waals surface area contributed by atoms with Crippen LogP contribution in [0.25, 0.3) is 11.6 Å². The summed E-state index contributed by atoms with van der Waals surface area (Å²) in [6, 6.07) is 3.62. The summed E-state index contributed by atoms with van der Waals surface area (Å²) in [5, 5.41) is 12.5. The van der Waals surface area contributed by atoms with Crippen molar-refractivity contribution in [3.63, 3.8) is 0 Å². The van der Waals surface area contributed by atoms with Gasteiger partial charge < -0.3 is 14.5 Å². The van der Waals surface area contributed by atoms with Gasteiger partial charge in [-0.15, -0.1) is 21.5 Å². The van der Waals surface area contributed by atoms with Crippen molar-refractivity contribution in [3.8, 4) is 11.6 Å². The Labute approximate surface area is 196 Å². The molecular weight excluding hydrogens is 504 g/mol. The smallest absolute Gasteiger partial charge is 0.341 e. The second-order valence-corrected chi connectivity index (χ2v) is 9.53. The fourth-order valence-electron chi connectivity index (χ4n) is 3.14. The van der Waals surface area contributed by atoms with E-state index in [1.54, 1.807) is 6.07 Å². The van der Waals surface area contributed by atoms with Crippen LogP contribution in [0.1, 0.15) is 41.1 Å². The fraction of sp³-hybridized carbons (Fsp3) is 0.400. The van der Waals surface area contributed by atoms with Gasteiger partial charge in [-0.3, -0.25) is 9.36 Å². The fourth-order valence-corrected chi connectivity index (χ4v) is 5.36. The highest BCUT2D eigenvalue weighted by molar-refractivity contribution is 9.10. The number of carbonyl (C=O) groups is 2. The molecule has 0 aromatic carbocycles. The lowest BCUT2D eigenvalue weighted by Gasteiger charge is -2.08. The minimum absolute atomic E-state index is 0.128. The van der Waals surface area contributed by atoms with E-state index >= 15 is 0 Å². The van der Waals surface area contributed by atoms with Crippen LogP contribution in [0.4, 0.5) is 5.00 Å². The van der Waals surface area contributed by atoms with Gasteiger partial charge in [0.25, 0.3) is 0 Å². The van der Waals surface area contributed by atoms with Gasteiger partial charge in [-0.25, -0.2) is 4.79 Å². The van der Waals surface area contributed by atoms with Crippen molar-refractivity contribution >= 4 is 55.9 Å². The second-order valence-electron chi connectivity index (χ2n) is 6.58. The Balaban J connectivity index is 1.75. The Morgan fingerprint density at radius 1 is 1.32 bits per heavy atom. The first kappa shape index (κ1) is 23.6. The summed E-state index contributed by atoms with van der Waals surface area (Å²) in [4.78, 5) is 25.9. The van der Waals surface area contributed by atoms with Crippen molar-refractivity contribution in [2.24, 2.45) is 0 Å². The molecule has 0 fully saturated rings. The molecule has 166 valence electrons. The molecule has 0 saturated heterocycles. The van der Waals surface area contributed by atoms with Crippen LogP contribution >= 0.6 is 39.0 Å². The zero-order valence-electron chi connectivity index (χ0n) is 17.7. The lowest BCUT2D eigenvalue weighted by Crippen LogP contribution is -2.16. The zero-order valence-corrected chi connectivity index (χ0v) is 20.9. The number of rotatable bonds is 9. The number of carbonyl (C=O) groups excluding carboxylic acids is 2. The van der Waals surface area contributed by atoms with E-state index in [9.17, 15) is 9.59 Å². The molecule has 0 aliphatic heterocycles. The molecule has 8 nitrogen and oxygen atoms in total. The monoisotopic (exact) mass is 526 g/mol. The molecule has 3 aromatic rings. The third-order valence-corrected chi connectivity index (χ3v) is 6.95. The molecule has 3 rings (SSSR count). The van der Waals surface area contributed by atoms with E-state index in [4.69, 9.17) is 9.15 Å². The van der Waals surface area contributed by atoms with Crippen LogP contribution in [0.2, 0.25) is 0 Å². The summed E-state index contributed by atoms with van der Waals surface area (Å²) >= 11 is 5.97. The van der Waals surface area contributed by atoms with Crippen LogP contribution in [-0.2, 0) is 22.5 Å². The molecule has 0 spiro atoms. The normalized spacial score (nSPS) is 11.0. The van der Waals surface area contributed by atoms with E-state index in [1.807, 2.05) is 24.5 Å². The standard InChI is InChI=1S/C20H23BrN4O4S2/c1-5-9-25-17(13-7-8-14(21)29-13)23-24-20(25)30-10-15(26)22-18-16(19(27)28-4)12(6-2)11(3)31-18/h7-8H,5-6,9-10H2,1-4H3,(H,22,26). The lowest BCUT2D eigenvalue weighted by molar-refractivity contribution is -0.113. The Morgan fingerprint density at radius 2 is 2.10 bits per heavy atom. The van der Waals surface area contributed by atoms with Crippen molar-refractivity contribution in [2.45, 2.75) is 45.3 Å². The Bertz CT molecular complexity index is 1090. The van der Waals surface area contributed by atoms with E-state index in [0.717, 1.165) is 16.9 Å². The third kappa shape index (κ3) is 5.21. The summed E-state index contributed by atoms with van der Waals surface area (Å²) < 4.78 is 13.1. The minimum Gasteiger partial charge on any atom is -0.465 e. The molecule has 0 radical (unpaired) electrons. The highest BCUT2D eigenvalue weighted by Crippen LogP contribution is 2.34. The van der Waals surface area contributed by atoms with E-state index in [-0.39, 0.29) is 11.7 Å². The minimum atomic E-state index is -0.443. The van der Waals surface area contributed by atoms with Gasteiger partial charge in [0.15, 0.2) is 15.6 Å². The number of nitrogens with one attached hydrogen (secondary N) is 1. The van der Waals surface area contributed by atoms with E-state index in [1.165, 1.54) is 30.2 Å². The van der Waals surface area contributed by atoms with Crippen LogP contribution < -0.4 is 5.32 Å². The highest BCUT2D eigenvalue weighted by atomic mass is 79.9. The first-order chi connectivity index (χ1) is 14.9. The van der Waals surface area contributed by atoms with Crippen LogP contribution in [0.3, 0.4) is 0 Å². The van der Waals surface area contributed by atoms with Gasteiger partial charge in [0.05, 0.1) is 18.4 Å². The molecule has 11 heteroatoms. The first-order valence-electron chi connectivity index (χ1n) is 9.71. The number of halogens is 1. The number of anilines is 1. The predicted octanol–water partition coefficient (Wildman–Crippen LogP) is 5.16. The largest absolute Gasteiger partial charge is 0.465 e. The predicted molar refractivity (Wildman–Crippen MR) is 125 cm³/mol. The summed E-state index contributed by atoms with van der Waals surface area (Å²) in [7, 11) is 1.34. The Hall–Kier alpha value is -2.11. The lowest BCUT2D eigenvalue weighted by atomic mass is 10.1. The quantitative estimate of drug-likeness (QED) is 0.303. The number of ether oxygens (including phenoxy) is 1. The van der Waals surface area contributed by atoms with Crippen LogP contribution in [0.15, 0.2) is 26.4 Å². The van der Waals surface area contributed by atoms with Crippen LogP contribution in [-0.4, -0.2) is 39.5 Å². The SMILES string of the molecule is CCCn1c(SCC(=O)Nc2sc(C)c(CC)c2C(=O)OC)nnc1-c1ccc(Br)o1. The maximum Gasteiger partial charge on any atom is 0.341 e. The zero-order chi connectivity index (χ0) is 22.5. The molecule has 0 bridgehead atoms. The van der Waals surface area contributed by atoms with Crippen molar-refractivity contribution in [3.05, 3.63) is 32.8 Å². The number of hydrogen-bond donors (Lipinski definition) is 1. The number of furan rings is 1. The molecule has 0 unspecified atom stereocenters. The number of nitrogens with zero attached hydrogens (tertiary/aromatic N) is 3. The highest BCUT2D eigenvalue weighted by Gasteiger charge is 2.23. The molecule has 1 amide bonds. The maximum atomic E-state index is 12.6. The van der Waals surface area contributed by atoms with E-state index in [2.05, 4.69) is 38.4 Å². The summed E-state index contributed by atoms with van der Waals surface area (Å²) in [5.41, 5.74) is 1.34. The maximum absolute atomic E-state index is 12.6. The summed E-state index contributed by atoms with van der Waals surface area (Å²) in [6.07, 6.45) is 1.56. The topological polar surface area (TPSA) is 99.2 Å². The number of aromatic nitrogens is 3. The van der Waals surface area contributed by atoms with Crippen LogP contribution in [0, 0.1) is 6.92 Å². The number of methoxy groups -OCH3 is 1. The summed E-state index contributed by atoms with van der Waals surface area (Å²) in [6.45, 7) is 6.66. The molecule has 3 heterocycles. The molecular formula is C20H23BrN4O4S2. The second kappa shape index (κ2) is 10.5. The average molecular weight is 527 g/mol. The van der Waals surface area contributed by atoms with Gasteiger partial charge in [-0.1, -0.05) is 25.6 Å². The van der Waals surface area contributed by atoms with Gasteiger partial charge in [0.2, 0.25) is 11.7 Å². The Kier molecular flexibility index (Phi) is 7.95. The molecule has 0 aliphatic carbocycles. The number of hydrogen-bond acceptors (Lipinski definition) is 8. The Morgan fingerprint density at radius 3 is 2.71 bits per heavy atom. The molecule has 0 saturated carbocycles. The number of amides is 1. The van der Waals surface area contributed by atoms with Gasteiger partial charge in [0, 0.05) is 11.4 Å². The molecule has 0 aliphatic rings. The third-order valence-electron chi connectivity index (χ3n) is 4.49. The molecule has 31 heavy (non-hydrogen) atoms. The number of thioether (sulfide) groups is 1. The van der Waals surface area contributed by atoms with Gasteiger partial charge in [0.1, 0.15) is 5.00 Å². The van der Waals surface area contributed by atoms with Crippen molar-refractivity contribution < 1.29 is 18.7 Å². The van der Waals surface area contributed by atoms with Crippen molar-refractivity contribution in [1.29, 1.82) is 0 Å². The molecule has 1 N–H and O–H groups in total. The number of esters is 1. The number of aryl methyl sites for hydroxylation is 1. The van der Waals surface area contributed by atoms with Gasteiger partial charge in [-0.2, -0.15) is 0 Å². The van der Waals surface area contributed by atoms with Gasteiger partial charge >= 0.3 is 5.97 Å². The average Bonchev–Trinajstić information content (AvgIpc) is 3.43. The van der Waals surface area contributed by atoms with E-state index < -0.39 is 5.97 Å². The molecule has 3 aromatic heterocycles. The summed E-state index contributed by atoms with van der Waals surface area (Å²) in [5.74, 6) is 0.675. The molecule has 0 atom stereocenters. The van der Waals surface area contributed by atoms with Crippen LogP contribution in [0.5, 0.6) is 0 Å². The first-order valence-corrected chi connectivity index (χ1v) is 12.3.